The highest BCUT2D eigenvalue weighted by molar-refractivity contribution is 5.93. The van der Waals surface area contributed by atoms with E-state index in [1.807, 2.05) is 0 Å². The highest BCUT2D eigenvalue weighted by Gasteiger charge is 1.93. The molecule has 0 aliphatic carbocycles. The van der Waals surface area contributed by atoms with Crippen LogP contribution in [-0.2, 0) is 0 Å². The third kappa shape index (κ3) is 1.35. The van der Waals surface area contributed by atoms with Gasteiger partial charge in [0.15, 0.2) is 5.78 Å². The molecule has 0 spiro atoms. The number of rotatable bonds is 1. The molecule has 1 heterocycles. The Morgan fingerprint density at radius 2 is 2.44 bits per heavy atom. The van der Waals surface area contributed by atoms with Gasteiger partial charge in [0.05, 0.1) is 5.48 Å². The predicted octanol–water partition coefficient (Wildman–Crippen LogP) is 1.28. The van der Waals surface area contributed by atoms with Gasteiger partial charge in [0.25, 0.3) is 0 Å². The van der Waals surface area contributed by atoms with E-state index in [9.17, 15) is 4.79 Å². The first-order valence-corrected chi connectivity index (χ1v) is 2.15. The van der Waals surface area contributed by atoms with E-state index in [2.05, 4.69) is 4.98 Å². The molecule has 1 aromatic heterocycles. The number of pyridine rings is 1. The molecule has 1 aromatic rings. The van der Waals surface area contributed by atoms with Crippen LogP contribution in [0.3, 0.4) is 0 Å². The van der Waals surface area contributed by atoms with Crippen LogP contribution in [0.4, 0.5) is 0 Å². The predicted molar refractivity (Wildman–Crippen MR) is 34.2 cm³/mol. The van der Waals surface area contributed by atoms with Crippen LogP contribution in [0.15, 0.2) is 24.4 Å². The van der Waals surface area contributed by atoms with E-state index in [1.54, 1.807) is 0 Å². The lowest BCUT2D eigenvalue weighted by atomic mass is 10.2. The minimum Gasteiger partial charge on any atom is -0.295 e. The summed E-state index contributed by atoms with van der Waals surface area (Å²) in [7, 11) is 0. The normalized spacial score (nSPS) is 21.6. The molecular weight excluding hydrogens is 114 g/mol. The zero-order chi connectivity index (χ0) is 12.7. The SMILES string of the molecule is [2H]c1nc([2H])c([2H])c(C(=O)C([2H])([2H])[2H])c1[2H]. The maximum absolute atomic E-state index is 11.4. The number of carbonyl (C=O) groups is 1. The number of aromatic nitrogens is 1. The third-order valence-electron chi connectivity index (χ3n) is 0.701. The summed E-state index contributed by atoms with van der Waals surface area (Å²) in [5.74, 6) is -1.41. The highest BCUT2D eigenvalue weighted by Crippen LogP contribution is 1.95. The molecule has 0 radical (unpaired) electrons. The van der Waals surface area contributed by atoms with Gasteiger partial charge in [-0.1, -0.05) is 0 Å². The van der Waals surface area contributed by atoms with Gasteiger partial charge in [-0.05, 0) is 18.9 Å². The van der Waals surface area contributed by atoms with Gasteiger partial charge < -0.3 is 0 Å². The first-order chi connectivity index (χ1) is 7.16. The average molecular weight is 128 g/mol. The van der Waals surface area contributed by atoms with Gasteiger partial charge in [-0.2, -0.15) is 0 Å². The average Bonchev–Trinajstić information content (AvgIpc) is 2.13. The van der Waals surface area contributed by atoms with Crippen molar-refractivity contribution in [3.63, 3.8) is 0 Å². The van der Waals surface area contributed by atoms with Crippen molar-refractivity contribution >= 4 is 5.78 Å². The first kappa shape index (κ1) is 1.66. The molecule has 0 atom stereocenters. The van der Waals surface area contributed by atoms with Crippen LogP contribution in [0, 0.1) is 0 Å². The summed E-state index contributed by atoms with van der Waals surface area (Å²) in [6.45, 7) is -2.99. The molecule has 0 N–H and O–H groups in total. The Morgan fingerprint density at radius 1 is 1.78 bits per heavy atom. The van der Waals surface area contributed by atoms with Crippen LogP contribution in [0.5, 0.6) is 0 Å². The van der Waals surface area contributed by atoms with Gasteiger partial charge in [-0.25, -0.2) is 0 Å². The smallest absolute Gasteiger partial charge is 0.159 e. The van der Waals surface area contributed by atoms with Crippen LogP contribution >= 0.6 is 0 Å². The lowest BCUT2D eigenvalue weighted by molar-refractivity contribution is 0.101. The molecule has 0 fully saturated rings. The molecule has 2 heteroatoms. The molecule has 0 amide bonds. The second-order valence-corrected chi connectivity index (χ2v) is 1.29. The fourth-order valence-corrected chi connectivity index (χ4v) is 0.340. The monoisotopic (exact) mass is 128 g/mol. The Kier molecular flexibility index (Phi) is 0.441. The fourth-order valence-electron chi connectivity index (χ4n) is 0.340. The van der Waals surface area contributed by atoms with E-state index >= 15 is 0 Å². The highest BCUT2D eigenvalue weighted by atomic mass is 16.1. The summed E-state index contributed by atoms with van der Waals surface area (Å²) in [6, 6.07) is -1.47. The zero-order valence-electron chi connectivity index (χ0n) is 11.4. The molecule has 0 aromatic carbocycles. The van der Waals surface area contributed by atoms with Gasteiger partial charge in [-0.15, -0.1) is 0 Å². The molecule has 1 rings (SSSR count). The Balaban J connectivity index is 3.50. The van der Waals surface area contributed by atoms with Crippen molar-refractivity contribution in [2.45, 2.75) is 6.85 Å². The second-order valence-electron chi connectivity index (χ2n) is 1.29. The molecular formula is C7H7NO. The van der Waals surface area contributed by atoms with Gasteiger partial charge in [-0.3, -0.25) is 9.78 Å². The van der Waals surface area contributed by atoms with Crippen molar-refractivity contribution < 1.29 is 14.4 Å². The maximum Gasteiger partial charge on any atom is 0.159 e. The van der Waals surface area contributed by atoms with E-state index < -0.39 is 42.6 Å². The number of nitrogens with zero attached hydrogens (tertiary/aromatic N) is 1. The molecule has 0 bridgehead atoms. The summed E-state index contributed by atoms with van der Waals surface area (Å²) in [5.41, 5.74) is -0.745. The molecule has 0 saturated heterocycles. The fraction of sp³-hybridized carbons (Fsp3) is 0.143. The molecule has 0 saturated carbocycles. The quantitative estimate of drug-likeness (QED) is 0.533. The summed E-state index contributed by atoms with van der Waals surface area (Å²) in [4.78, 5) is 14.6. The minimum atomic E-state index is -2.99. The number of carbonyl (C=O) groups excluding carboxylic acids is 1. The van der Waals surface area contributed by atoms with Crippen molar-refractivity contribution in [1.82, 2.24) is 4.98 Å². The number of ketones is 1. The molecule has 0 unspecified atom stereocenters. The van der Waals surface area contributed by atoms with Crippen molar-refractivity contribution in [3.05, 3.63) is 30.0 Å². The van der Waals surface area contributed by atoms with Crippen LogP contribution in [0.2, 0.25) is 0 Å². The summed E-state index contributed by atoms with van der Waals surface area (Å²) >= 11 is 0. The summed E-state index contributed by atoms with van der Waals surface area (Å²) in [6.07, 6.45) is -1.37. The van der Waals surface area contributed by atoms with Crippen LogP contribution in [-0.4, -0.2) is 10.8 Å². The Labute approximate surface area is 63.4 Å². The lowest BCUT2D eigenvalue weighted by Gasteiger charge is -1.88. The maximum atomic E-state index is 11.4. The van der Waals surface area contributed by atoms with Gasteiger partial charge in [0.2, 0.25) is 0 Å². The van der Waals surface area contributed by atoms with Crippen molar-refractivity contribution in [1.29, 1.82) is 0 Å². The minimum absolute atomic E-state index is 0.686. The van der Waals surface area contributed by atoms with Crippen LogP contribution < -0.4 is 0 Å². The lowest BCUT2D eigenvalue weighted by Crippen LogP contribution is -1.89. The third-order valence-corrected chi connectivity index (χ3v) is 0.701. The Morgan fingerprint density at radius 3 is 3.00 bits per heavy atom. The molecule has 2 nitrogen and oxygen atoms in total. The van der Waals surface area contributed by atoms with Gasteiger partial charge in [0.1, 0.15) is 0 Å². The van der Waals surface area contributed by atoms with Crippen molar-refractivity contribution in [3.8, 4) is 0 Å². The first-order valence-electron chi connectivity index (χ1n) is 5.65. The topological polar surface area (TPSA) is 30.0 Å². The van der Waals surface area contributed by atoms with Crippen molar-refractivity contribution in [2.75, 3.05) is 0 Å². The molecule has 0 aliphatic rings. The van der Waals surface area contributed by atoms with Crippen LogP contribution in [0.1, 0.15) is 26.8 Å². The largest absolute Gasteiger partial charge is 0.295 e. The number of Topliss-reactive ketones (excluding diaryl/α,β-unsaturated/α-hetero) is 1. The van der Waals surface area contributed by atoms with E-state index in [0.29, 0.717) is 0 Å². The van der Waals surface area contributed by atoms with Crippen molar-refractivity contribution in [2.24, 2.45) is 0 Å². The van der Waals surface area contributed by atoms with E-state index in [-0.39, 0.29) is 0 Å². The van der Waals surface area contributed by atoms with E-state index in [1.165, 1.54) is 0 Å². The summed E-state index contributed by atoms with van der Waals surface area (Å²) in [5, 5.41) is 0. The zero-order valence-corrected chi connectivity index (χ0v) is 4.36. The van der Waals surface area contributed by atoms with Gasteiger partial charge >= 0.3 is 0 Å². The molecule has 0 aliphatic heterocycles. The number of hydrogen-bond acceptors (Lipinski definition) is 2. The summed E-state index contributed by atoms with van der Waals surface area (Å²) < 4.78 is 49.6. The molecule has 9 heavy (non-hydrogen) atoms. The van der Waals surface area contributed by atoms with E-state index in [4.69, 9.17) is 9.60 Å². The van der Waals surface area contributed by atoms with Gasteiger partial charge in [0, 0.05) is 22.0 Å². The Hall–Kier alpha value is -1.18. The molecule has 46 valence electrons. The van der Waals surface area contributed by atoms with E-state index in [0.717, 1.165) is 0 Å². The standard InChI is InChI=1S/C7H7NO/c1-6(9)7-2-4-8-5-3-7/h2-5H,1H3/i1D3,2D,3D,4D,5D. The number of hydrogen-bond donors (Lipinski definition) is 0. The van der Waals surface area contributed by atoms with Crippen LogP contribution in [0.25, 0.3) is 0 Å². The second kappa shape index (κ2) is 2.40. The Bertz CT molecular complexity index is 427.